The van der Waals surface area contributed by atoms with E-state index in [1.54, 1.807) is 42.5 Å². The highest BCUT2D eigenvalue weighted by Crippen LogP contribution is 2.34. The molecule has 0 saturated heterocycles. The number of aromatic amines is 1. The van der Waals surface area contributed by atoms with Crippen LogP contribution in [0.2, 0.25) is 0 Å². The van der Waals surface area contributed by atoms with E-state index in [4.69, 9.17) is 9.78 Å². The van der Waals surface area contributed by atoms with E-state index in [0.717, 1.165) is 0 Å². The van der Waals surface area contributed by atoms with Gasteiger partial charge < -0.3 is 4.98 Å². The minimum atomic E-state index is -2.72. The van der Waals surface area contributed by atoms with Crippen LogP contribution in [-0.4, -0.2) is 15.2 Å². The van der Waals surface area contributed by atoms with Gasteiger partial charge in [-0.3, -0.25) is 4.79 Å². The Morgan fingerprint density at radius 3 is 2.64 bits per heavy atom. The van der Waals surface area contributed by atoms with Crippen molar-refractivity contribution < 1.29 is 19.0 Å². The molecule has 2 aromatic carbocycles. The van der Waals surface area contributed by atoms with Crippen LogP contribution in [0.15, 0.2) is 53.3 Å². The topological polar surface area (TPSA) is 102 Å². The molecule has 110 valence electrons. The third-order valence-corrected chi connectivity index (χ3v) is 3.47. The number of nitrogens with one attached hydrogen (secondary N) is 1. The van der Waals surface area contributed by atoms with Crippen LogP contribution in [0, 0.1) is 0 Å². The summed E-state index contributed by atoms with van der Waals surface area (Å²) in [6, 6.07) is 13.4. The van der Waals surface area contributed by atoms with Gasteiger partial charge in [-0.1, -0.05) is 24.3 Å². The molecule has 0 radical (unpaired) electrons. The Hall–Kier alpha value is -2.60. The quantitative estimate of drug-likeness (QED) is 0.435. The van der Waals surface area contributed by atoms with Crippen molar-refractivity contribution in [1.29, 1.82) is 0 Å². The van der Waals surface area contributed by atoms with E-state index in [1.165, 1.54) is 6.07 Å². The van der Waals surface area contributed by atoms with Crippen LogP contribution in [-0.2, 0) is 9.24 Å². The van der Waals surface area contributed by atoms with Gasteiger partial charge in [0.2, 0.25) is 5.75 Å². The first-order valence-electron chi connectivity index (χ1n) is 6.24. The maximum atomic E-state index is 12.1. The van der Waals surface area contributed by atoms with Crippen molar-refractivity contribution in [2.75, 3.05) is 0 Å². The van der Waals surface area contributed by atoms with Gasteiger partial charge in [0.05, 0.1) is 21.1 Å². The molecule has 3 aromatic rings. The monoisotopic (exact) mass is 317 g/mol. The lowest BCUT2D eigenvalue weighted by atomic mass is 10.1. The number of hydrogen-bond donors (Lipinski definition) is 2. The van der Waals surface area contributed by atoms with Crippen LogP contribution >= 0.6 is 8.25 Å². The second-order valence-electron chi connectivity index (χ2n) is 4.32. The molecule has 0 aliphatic rings. The number of benzene rings is 2. The third kappa shape index (κ3) is 2.73. The Labute approximate surface area is 125 Å². The standard InChI is InChI=1S/C14H9N2O5P/c17-14-9-5-1-3-7-11(9)15-13(16-14)10-6-2-4-8-12(10)20-22(19)21-18/h1-8H,(H-,15,16,17,18)/p+1. The number of para-hydroxylation sites is 2. The molecule has 1 atom stereocenters. The van der Waals surface area contributed by atoms with Crippen LogP contribution < -0.4 is 10.1 Å². The third-order valence-electron chi connectivity index (χ3n) is 2.99. The lowest BCUT2D eigenvalue weighted by Crippen LogP contribution is -2.09. The molecule has 0 aliphatic carbocycles. The summed E-state index contributed by atoms with van der Waals surface area (Å²) in [5.41, 5.74) is 0.655. The number of nitrogens with zero attached hydrogens (tertiary/aromatic N) is 1. The molecular formula is C14H10N2O5P+. The molecule has 2 N–H and O–H groups in total. The van der Waals surface area contributed by atoms with Crippen LogP contribution in [0.4, 0.5) is 0 Å². The molecule has 22 heavy (non-hydrogen) atoms. The van der Waals surface area contributed by atoms with E-state index in [9.17, 15) is 9.36 Å². The Morgan fingerprint density at radius 1 is 1.09 bits per heavy atom. The zero-order chi connectivity index (χ0) is 15.5. The lowest BCUT2D eigenvalue weighted by molar-refractivity contribution is -0.137. The number of rotatable bonds is 4. The van der Waals surface area contributed by atoms with E-state index >= 15 is 0 Å². The van der Waals surface area contributed by atoms with E-state index in [2.05, 4.69) is 14.6 Å². The fraction of sp³-hybridized carbons (Fsp3) is 0. The second-order valence-corrected chi connectivity index (χ2v) is 5.12. The van der Waals surface area contributed by atoms with E-state index in [1.807, 2.05) is 0 Å². The molecule has 1 heterocycles. The predicted octanol–water partition coefficient (Wildman–Crippen LogP) is 3.12. The Kier molecular flexibility index (Phi) is 3.93. The molecule has 0 aliphatic heterocycles. The van der Waals surface area contributed by atoms with Crippen molar-refractivity contribution in [2.24, 2.45) is 0 Å². The Balaban J connectivity index is 2.16. The van der Waals surface area contributed by atoms with Gasteiger partial charge in [0.1, 0.15) is 5.82 Å². The Morgan fingerprint density at radius 2 is 1.82 bits per heavy atom. The van der Waals surface area contributed by atoms with Gasteiger partial charge in [0, 0.05) is 4.57 Å². The van der Waals surface area contributed by atoms with Gasteiger partial charge in [0.15, 0.2) is 0 Å². The molecule has 7 nitrogen and oxygen atoms in total. The summed E-state index contributed by atoms with van der Waals surface area (Å²) in [5.74, 6) is 0.428. The number of hydrogen-bond acceptors (Lipinski definition) is 6. The summed E-state index contributed by atoms with van der Waals surface area (Å²) in [6.45, 7) is 0. The minimum absolute atomic E-state index is 0.163. The van der Waals surface area contributed by atoms with Crippen molar-refractivity contribution in [3.05, 3.63) is 58.9 Å². The maximum absolute atomic E-state index is 12.1. The van der Waals surface area contributed by atoms with Gasteiger partial charge >= 0.3 is 8.25 Å². The first kappa shape index (κ1) is 14.3. The van der Waals surface area contributed by atoms with Crippen molar-refractivity contribution in [1.82, 2.24) is 9.97 Å². The fourth-order valence-corrected chi connectivity index (χ4v) is 2.41. The molecule has 0 fully saturated rings. The summed E-state index contributed by atoms with van der Waals surface area (Å²) < 4.78 is 19.8. The highest BCUT2D eigenvalue weighted by atomic mass is 31.1. The van der Waals surface area contributed by atoms with Crippen molar-refractivity contribution in [3.63, 3.8) is 0 Å². The lowest BCUT2D eigenvalue weighted by Gasteiger charge is -2.05. The molecule has 3 rings (SSSR count). The van der Waals surface area contributed by atoms with Crippen LogP contribution in [0.3, 0.4) is 0 Å². The van der Waals surface area contributed by atoms with Crippen LogP contribution in [0.1, 0.15) is 0 Å². The predicted molar refractivity (Wildman–Crippen MR) is 79.7 cm³/mol. The average molecular weight is 317 g/mol. The summed E-state index contributed by atoms with van der Waals surface area (Å²) >= 11 is 0. The van der Waals surface area contributed by atoms with Gasteiger partial charge in [-0.2, -0.15) is 0 Å². The summed E-state index contributed by atoms with van der Waals surface area (Å²) in [6.07, 6.45) is 0. The SMILES string of the molecule is O=c1[nH]c(-c2ccccc2O[P+](=O)OO)nc2ccccc12. The van der Waals surface area contributed by atoms with E-state index in [-0.39, 0.29) is 17.1 Å². The molecule has 0 amide bonds. The smallest absolute Gasteiger partial charge is 0.306 e. The van der Waals surface area contributed by atoms with Crippen molar-refractivity contribution in [2.45, 2.75) is 0 Å². The van der Waals surface area contributed by atoms with Gasteiger partial charge in [-0.15, -0.1) is 0 Å². The normalized spacial score (nSPS) is 11.4. The van der Waals surface area contributed by atoms with E-state index in [0.29, 0.717) is 16.5 Å². The first-order chi connectivity index (χ1) is 10.7. The largest absolute Gasteiger partial charge is 0.781 e. The molecule has 0 spiro atoms. The van der Waals surface area contributed by atoms with Crippen LogP contribution in [0.5, 0.6) is 5.75 Å². The van der Waals surface area contributed by atoms with E-state index < -0.39 is 8.25 Å². The highest BCUT2D eigenvalue weighted by Gasteiger charge is 2.24. The van der Waals surface area contributed by atoms with Crippen molar-refractivity contribution >= 4 is 19.2 Å². The zero-order valence-electron chi connectivity index (χ0n) is 11.1. The minimum Gasteiger partial charge on any atom is -0.306 e. The number of fused-ring (bicyclic) bond motifs is 1. The first-order valence-corrected chi connectivity index (χ1v) is 7.34. The fourth-order valence-electron chi connectivity index (χ4n) is 2.05. The highest BCUT2D eigenvalue weighted by molar-refractivity contribution is 7.33. The summed E-state index contributed by atoms with van der Waals surface area (Å²) in [5, 5.41) is 8.83. The van der Waals surface area contributed by atoms with Crippen molar-refractivity contribution in [3.8, 4) is 17.1 Å². The average Bonchev–Trinajstić information content (AvgIpc) is 2.55. The number of aromatic nitrogens is 2. The Bertz CT molecular complexity index is 909. The summed E-state index contributed by atoms with van der Waals surface area (Å²) in [4.78, 5) is 19.1. The molecular weight excluding hydrogens is 307 g/mol. The number of H-pyrrole nitrogens is 1. The molecule has 8 heteroatoms. The zero-order valence-corrected chi connectivity index (χ0v) is 12.0. The molecule has 0 saturated carbocycles. The second kappa shape index (κ2) is 6.03. The molecule has 1 aromatic heterocycles. The van der Waals surface area contributed by atoms with Gasteiger partial charge in [-0.25, -0.2) is 14.8 Å². The maximum Gasteiger partial charge on any atom is 0.781 e. The molecule has 1 unspecified atom stereocenters. The summed E-state index contributed by atoms with van der Waals surface area (Å²) in [7, 11) is -2.72. The van der Waals surface area contributed by atoms with Gasteiger partial charge in [0.25, 0.3) is 5.56 Å². The van der Waals surface area contributed by atoms with Gasteiger partial charge in [-0.05, 0) is 24.3 Å². The molecule has 0 bridgehead atoms. The van der Waals surface area contributed by atoms with Crippen LogP contribution in [0.25, 0.3) is 22.3 Å².